The molecule has 0 aliphatic heterocycles. The van der Waals surface area contributed by atoms with E-state index in [2.05, 4.69) is 9.97 Å². The van der Waals surface area contributed by atoms with Crippen molar-refractivity contribution in [1.82, 2.24) is 9.97 Å². The number of carbonyl (C=O) groups excluding carboxylic acids is 1. The first-order valence-corrected chi connectivity index (χ1v) is 10.7. The van der Waals surface area contributed by atoms with Crippen molar-refractivity contribution in [3.63, 3.8) is 0 Å². The molecule has 1 aliphatic carbocycles. The summed E-state index contributed by atoms with van der Waals surface area (Å²) in [6.07, 6.45) is -8.19. The number of ketones is 1. The van der Waals surface area contributed by atoms with Gasteiger partial charge in [0.2, 0.25) is 5.82 Å². The Morgan fingerprint density at radius 1 is 1.03 bits per heavy atom. The molecule has 168 valence electrons. The van der Waals surface area contributed by atoms with Crippen molar-refractivity contribution < 1.29 is 39.6 Å². The van der Waals surface area contributed by atoms with Crippen LogP contribution in [0.4, 0.5) is 26.3 Å². The van der Waals surface area contributed by atoms with Crippen LogP contribution in [0.2, 0.25) is 0 Å². The Morgan fingerprint density at radius 2 is 1.71 bits per heavy atom. The number of sulfone groups is 1. The predicted octanol–water partition coefficient (Wildman–Crippen LogP) is 4.73. The summed E-state index contributed by atoms with van der Waals surface area (Å²) in [5.41, 5.74) is -1.44. The van der Waals surface area contributed by atoms with E-state index in [-0.39, 0.29) is 37.3 Å². The van der Waals surface area contributed by atoms with Gasteiger partial charge in [-0.25, -0.2) is 18.4 Å². The average molecular weight is 466 g/mol. The van der Waals surface area contributed by atoms with Gasteiger partial charge in [-0.05, 0) is 49.4 Å². The Morgan fingerprint density at radius 3 is 2.32 bits per heavy atom. The van der Waals surface area contributed by atoms with Crippen molar-refractivity contribution in [2.45, 2.75) is 48.2 Å². The van der Waals surface area contributed by atoms with Gasteiger partial charge in [-0.15, -0.1) is 0 Å². The van der Waals surface area contributed by atoms with Crippen LogP contribution in [0.5, 0.6) is 0 Å². The minimum atomic E-state index is -4.78. The molecule has 0 N–H and O–H groups in total. The van der Waals surface area contributed by atoms with Crippen LogP contribution < -0.4 is 0 Å². The van der Waals surface area contributed by atoms with E-state index < -0.39 is 49.5 Å². The molecular formula is C19H16F6N2O3S. The van der Waals surface area contributed by atoms with Gasteiger partial charge < -0.3 is 0 Å². The van der Waals surface area contributed by atoms with Gasteiger partial charge in [0.25, 0.3) is 0 Å². The van der Waals surface area contributed by atoms with E-state index >= 15 is 0 Å². The van der Waals surface area contributed by atoms with Crippen LogP contribution >= 0.6 is 0 Å². The maximum Gasteiger partial charge on any atom is 0.451 e. The summed E-state index contributed by atoms with van der Waals surface area (Å²) in [5.74, 6) is -2.23. The molecule has 0 spiro atoms. The standard InChI is InChI=1S/C19H16F6N2O3S/c20-18(21,22)12-2-1-3-13(10-12)31(29,30)14-8-11(9-14)4-5-16(28)15-6-7-26-17(27-15)19(23,24)25/h1-3,6-7,10-11,14H,4-5,8-9H2. The lowest BCUT2D eigenvalue weighted by molar-refractivity contribution is -0.145. The zero-order valence-electron chi connectivity index (χ0n) is 15.7. The number of hydrogen-bond acceptors (Lipinski definition) is 5. The second-order valence-electron chi connectivity index (χ2n) is 7.26. The fraction of sp³-hybridized carbons (Fsp3) is 0.421. The number of alkyl halides is 6. The van der Waals surface area contributed by atoms with Gasteiger partial charge in [0.15, 0.2) is 15.6 Å². The van der Waals surface area contributed by atoms with E-state index in [0.29, 0.717) is 6.07 Å². The highest BCUT2D eigenvalue weighted by atomic mass is 32.2. The summed E-state index contributed by atoms with van der Waals surface area (Å²) in [7, 11) is -3.96. The number of rotatable bonds is 6. The molecule has 0 saturated heterocycles. The van der Waals surface area contributed by atoms with E-state index in [4.69, 9.17) is 0 Å². The highest BCUT2D eigenvalue weighted by Crippen LogP contribution is 2.40. The molecule has 5 nitrogen and oxygen atoms in total. The molecule has 1 fully saturated rings. The third kappa shape index (κ3) is 5.23. The lowest BCUT2D eigenvalue weighted by Crippen LogP contribution is -2.36. The molecule has 1 aromatic carbocycles. The predicted molar refractivity (Wildman–Crippen MR) is 95.7 cm³/mol. The SMILES string of the molecule is O=C(CCC1CC(S(=O)(=O)c2cccc(C(F)(F)F)c2)C1)c1ccnc(C(F)(F)F)n1. The third-order valence-corrected chi connectivity index (χ3v) is 7.27. The fourth-order valence-corrected chi connectivity index (χ4v) is 5.31. The Hall–Kier alpha value is -2.50. The Bertz CT molecular complexity index is 1080. The van der Waals surface area contributed by atoms with Gasteiger partial charge in [-0.1, -0.05) is 6.07 Å². The highest BCUT2D eigenvalue weighted by molar-refractivity contribution is 7.92. The molecule has 1 saturated carbocycles. The summed E-state index contributed by atoms with van der Waals surface area (Å²) >= 11 is 0. The van der Waals surface area contributed by atoms with Gasteiger partial charge >= 0.3 is 12.4 Å². The summed E-state index contributed by atoms with van der Waals surface area (Å²) in [6.45, 7) is 0. The zero-order valence-corrected chi connectivity index (χ0v) is 16.6. The fourth-order valence-electron chi connectivity index (χ4n) is 3.32. The van der Waals surface area contributed by atoms with Crippen LogP contribution in [0.15, 0.2) is 41.4 Å². The second-order valence-corrected chi connectivity index (χ2v) is 9.48. The largest absolute Gasteiger partial charge is 0.451 e. The van der Waals surface area contributed by atoms with Crippen LogP contribution in [-0.2, 0) is 22.2 Å². The average Bonchev–Trinajstić information content (AvgIpc) is 2.65. The van der Waals surface area contributed by atoms with E-state index in [1.165, 1.54) is 0 Å². The van der Waals surface area contributed by atoms with Crippen LogP contribution in [-0.4, -0.2) is 29.4 Å². The first-order chi connectivity index (χ1) is 14.3. The van der Waals surface area contributed by atoms with Gasteiger partial charge in [0.05, 0.1) is 15.7 Å². The normalized spacial score (nSPS) is 19.7. The van der Waals surface area contributed by atoms with Crippen molar-refractivity contribution in [1.29, 1.82) is 0 Å². The molecule has 0 amide bonds. The van der Waals surface area contributed by atoms with E-state index in [0.717, 1.165) is 30.5 Å². The molecule has 0 unspecified atom stereocenters. The van der Waals surface area contributed by atoms with E-state index in [1.54, 1.807) is 0 Å². The molecule has 31 heavy (non-hydrogen) atoms. The van der Waals surface area contributed by atoms with Crippen molar-refractivity contribution in [2.24, 2.45) is 5.92 Å². The quantitative estimate of drug-likeness (QED) is 0.455. The minimum absolute atomic E-state index is 0.130. The van der Waals surface area contributed by atoms with Crippen molar-refractivity contribution in [2.75, 3.05) is 0 Å². The van der Waals surface area contributed by atoms with E-state index in [9.17, 15) is 39.6 Å². The number of nitrogens with zero attached hydrogens (tertiary/aromatic N) is 2. The third-order valence-electron chi connectivity index (χ3n) is 5.10. The molecule has 12 heteroatoms. The van der Waals surface area contributed by atoms with Gasteiger partial charge in [0, 0.05) is 12.6 Å². The van der Waals surface area contributed by atoms with Gasteiger partial charge in [-0.2, -0.15) is 26.3 Å². The molecule has 1 aromatic heterocycles. The maximum atomic E-state index is 12.8. The summed E-state index contributed by atoms with van der Waals surface area (Å²) < 4.78 is 102. The Labute approximate surface area is 173 Å². The number of Topliss-reactive ketones (excluding diaryl/α,β-unsaturated/α-hetero) is 1. The van der Waals surface area contributed by atoms with Crippen molar-refractivity contribution >= 4 is 15.6 Å². The van der Waals surface area contributed by atoms with Crippen LogP contribution in [0.1, 0.15) is 47.6 Å². The molecule has 3 rings (SSSR count). The van der Waals surface area contributed by atoms with E-state index in [1.807, 2.05) is 0 Å². The van der Waals surface area contributed by atoms with Crippen LogP contribution in [0.3, 0.4) is 0 Å². The number of benzene rings is 1. The topological polar surface area (TPSA) is 77.0 Å². The molecule has 2 aromatic rings. The number of halogens is 6. The smallest absolute Gasteiger partial charge is 0.292 e. The first-order valence-electron chi connectivity index (χ1n) is 9.13. The summed E-state index contributed by atoms with van der Waals surface area (Å²) in [6, 6.07) is 4.58. The molecule has 0 atom stereocenters. The first kappa shape index (κ1) is 23.2. The molecule has 0 radical (unpaired) electrons. The monoisotopic (exact) mass is 466 g/mol. The minimum Gasteiger partial charge on any atom is -0.292 e. The number of aromatic nitrogens is 2. The Kier molecular flexibility index (Phi) is 6.14. The van der Waals surface area contributed by atoms with Gasteiger partial charge in [-0.3, -0.25) is 4.79 Å². The maximum absolute atomic E-state index is 12.8. The lowest BCUT2D eigenvalue weighted by atomic mass is 9.81. The number of carbonyl (C=O) groups is 1. The molecule has 0 bridgehead atoms. The summed E-state index contributed by atoms with van der Waals surface area (Å²) in [5, 5.41) is -0.869. The Balaban J connectivity index is 1.58. The summed E-state index contributed by atoms with van der Waals surface area (Å²) in [4.78, 5) is 18.0. The van der Waals surface area contributed by atoms with Gasteiger partial charge in [0.1, 0.15) is 5.69 Å². The van der Waals surface area contributed by atoms with Crippen molar-refractivity contribution in [3.8, 4) is 0 Å². The highest BCUT2D eigenvalue weighted by Gasteiger charge is 2.41. The number of hydrogen-bond donors (Lipinski definition) is 0. The lowest BCUT2D eigenvalue weighted by Gasteiger charge is -2.34. The van der Waals surface area contributed by atoms with Crippen molar-refractivity contribution in [3.05, 3.63) is 53.6 Å². The van der Waals surface area contributed by atoms with Crippen LogP contribution in [0.25, 0.3) is 0 Å². The zero-order chi connectivity index (χ0) is 23.0. The molecular weight excluding hydrogens is 450 g/mol. The second kappa shape index (κ2) is 8.21. The van der Waals surface area contributed by atoms with Crippen LogP contribution in [0, 0.1) is 5.92 Å². The molecule has 1 aliphatic rings. The molecule has 1 heterocycles.